The Morgan fingerprint density at radius 1 is 1.40 bits per heavy atom. The van der Waals surface area contributed by atoms with Gasteiger partial charge in [-0.2, -0.15) is 0 Å². The topological polar surface area (TPSA) is 63.2 Å². The van der Waals surface area contributed by atoms with Gasteiger partial charge < -0.3 is 15.4 Å². The van der Waals surface area contributed by atoms with Crippen LogP contribution in [0.3, 0.4) is 0 Å². The number of hydrogen-bond acceptors (Lipinski definition) is 4. The van der Waals surface area contributed by atoms with E-state index in [2.05, 4.69) is 22.5 Å². The van der Waals surface area contributed by atoms with Gasteiger partial charge in [0.05, 0.1) is 24.8 Å². The molecule has 1 aromatic rings. The van der Waals surface area contributed by atoms with Crippen molar-refractivity contribution in [1.29, 1.82) is 0 Å². The molecule has 0 aromatic carbocycles. The molecular formula is C18H29Cl2N3O2. The van der Waals surface area contributed by atoms with E-state index in [0.717, 1.165) is 41.8 Å². The van der Waals surface area contributed by atoms with Crippen molar-refractivity contribution in [3.05, 3.63) is 23.0 Å². The first kappa shape index (κ1) is 22.0. The van der Waals surface area contributed by atoms with Gasteiger partial charge in [-0.3, -0.25) is 9.78 Å². The second-order valence-corrected chi connectivity index (χ2v) is 6.94. The second-order valence-electron chi connectivity index (χ2n) is 6.94. The van der Waals surface area contributed by atoms with Crippen molar-refractivity contribution < 1.29 is 9.53 Å². The fourth-order valence-corrected chi connectivity index (χ4v) is 4.39. The van der Waals surface area contributed by atoms with E-state index in [1.54, 1.807) is 7.11 Å². The number of rotatable bonds is 5. The summed E-state index contributed by atoms with van der Waals surface area (Å²) in [6.45, 7) is 6.56. The Hall–Kier alpha value is -1.04. The lowest BCUT2D eigenvalue weighted by Gasteiger charge is -2.34. The molecule has 1 amide bonds. The van der Waals surface area contributed by atoms with E-state index in [1.807, 2.05) is 20.0 Å². The summed E-state index contributed by atoms with van der Waals surface area (Å²) >= 11 is 0. The average Bonchev–Trinajstić information content (AvgIpc) is 3.15. The van der Waals surface area contributed by atoms with Gasteiger partial charge in [-0.1, -0.05) is 6.92 Å². The van der Waals surface area contributed by atoms with Crippen molar-refractivity contribution in [2.24, 2.45) is 5.41 Å². The molecule has 25 heavy (non-hydrogen) atoms. The van der Waals surface area contributed by atoms with Crippen LogP contribution in [0.15, 0.2) is 6.20 Å². The standard InChI is InChI=1S/C18H27N3O2.2ClH/c1-5-18(8-13-6-7-15(18)21-13)17(22)20-10-14-12(3)16(23-4)11(2)9-19-14;;/h9,13,15,21H,5-8,10H2,1-4H3,(H,20,22);2*1H/t13-,15+,18+;;/m0../s1. The number of aryl methyl sites for hydroxylation is 1. The Kier molecular flexibility index (Phi) is 7.54. The minimum absolute atomic E-state index is 0. The maximum Gasteiger partial charge on any atom is 0.228 e. The van der Waals surface area contributed by atoms with Gasteiger partial charge in [0.15, 0.2) is 0 Å². The molecule has 7 heteroatoms. The van der Waals surface area contributed by atoms with Gasteiger partial charge >= 0.3 is 0 Å². The fraction of sp³-hybridized carbons (Fsp3) is 0.667. The molecule has 2 aliphatic rings. The highest BCUT2D eigenvalue weighted by molar-refractivity contribution is 5.85. The van der Waals surface area contributed by atoms with E-state index >= 15 is 0 Å². The van der Waals surface area contributed by atoms with E-state index in [4.69, 9.17) is 4.74 Å². The first-order chi connectivity index (χ1) is 11.0. The molecule has 3 heterocycles. The van der Waals surface area contributed by atoms with Gasteiger partial charge in [-0.25, -0.2) is 0 Å². The number of pyridine rings is 1. The Bertz CT molecular complexity index is 627. The quantitative estimate of drug-likeness (QED) is 0.811. The number of nitrogens with zero attached hydrogens (tertiary/aromatic N) is 1. The number of fused-ring (bicyclic) bond motifs is 2. The second kappa shape index (κ2) is 8.56. The number of halogens is 2. The molecule has 2 bridgehead atoms. The summed E-state index contributed by atoms with van der Waals surface area (Å²) in [6, 6.07) is 0.851. The molecule has 3 rings (SSSR count). The molecule has 2 N–H and O–H groups in total. The fourth-order valence-electron chi connectivity index (χ4n) is 4.39. The van der Waals surface area contributed by atoms with Crippen molar-refractivity contribution in [2.45, 2.75) is 65.1 Å². The maximum absolute atomic E-state index is 12.9. The predicted molar refractivity (Wildman–Crippen MR) is 104 cm³/mol. The van der Waals surface area contributed by atoms with Crippen LogP contribution in [0, 0.1) is 19.3 Å². The van der Waals surface area contributed by atoms with Gasteiger partial charge in [0.1, 0.15) is 5.75 Å². The third kappa shape index (κ3) is 3.74. The van der Waals surface area contributed by atoms with E-state index in [0.29, 0.717) is 18.6 Å². The van der Waals surface area contributed by atoms with E-state index in [9.17, 15) is 4.79 Å². The third-order valence-corrected chi connectivity index (χ3v) is 5.77. The summed E-state index contributed by atoms with van der Waals surface area (Å²) in [4.78, 5) is 17.4. The predicted octanol–water partition coefficient (Wildman–Crippen LogP) is 3.09. The molecule has 1 aromatic heterocycles. The van der Waals surface area contributed by atoms with Crippen molar-refractivity contribution >= 4 is 30.7 Å². The zero-order valence-electron chi connectivity index (χ0n) is 15.3. The molecule has 0 saturated carbocycles. The first-order valence-electron chi connectivity index (χ1n) is 8.55. The van der Waals surface area contributed by atoms with Gasteiger partial charge in [0.2, 0.25) is 5.91 Å². The van der Waals surface area contributed by atoms with E-state index < -0.39 is 0 Å². The third-order valence-electron chi connectivity index (χ3n) is 5.77. The minimum Gasteiger partial charge on any atom is -0.496 e. The van der Waals surface area contributed by atoms with Gasteiger partial charge in [-0.15, -0.1) is 24.8 Å². The molecule has 5 nitrogen and oxygen atoms in total. The average molecular weight is 390 g/mol. The van der Waals surface area contributed by atoms with Crippen LogP contribution in [0.2, 0.25) is 0 Å². The molecule has 142 valence electrons. The van der Waals surface area contributed by atoms with Crippen LogP contribution < -0.4 is 15.4 Å². The number of methoxy groups -OCH3 is 1. The summed E-state index contributed by atoms with van der Waals surface area (Å²) in [7, 11) is 1.67. The van der Waals surface area contributed by atoms with Crippen LogP contribution in [0.25, 0.3) is 0 Å². The highest BCUT2D eigenvalue weighted by atomic mass is 35.5. The first-order valence-corrected chi connectivity index (χ1v) is 8.55. The molecule has 2 aliphatic heterocycles. The van der Waals surface area contributed by atoms with E-state index in [-0.39, 0.29) is 36.1 Å². The van der Waals surface area contributed by atoms with Crippen LogP contribution in [0.5, 0.6) is 5.75 Å². The van der Waals surface area contributed by atoms with Crippen molar-refractivity contribution in [2.75, 3.05) is 7.11 Å². The number of nitrogens with one attached hydrogen (secondary N) is 2. The van der Waals surface area contributed by atoms with E-state index in [1.165, 1.54) is 6.42 Å². The SMILES string of the molecule is CC[C@@]1(C(=O)NCc2ncc(C)c(OC)c2C)C[C@@H]2CC[C@H]1N2.Cl.Cl. The molecule has 0 unspecified atom stereocenters. The summed E-state index contributed by atoms with van der Waals surface area (Å²) in [5.74, 6) is 1.02. The van der Waals surface area contributed by atoms with Crippen molar-refractivity contribution in [3.8, 4) is 5.75 Å². The van der Waals surface area contributed by atoms with Gasteiger partial charge in [0.25, 0.3) is 0 Å². The lowest BCUT2D eigenvalue weighted by molar-refractivity contribution is -0.132. The molecule has 2 saturated heterocycles. The number of aromatic nitrogens is 1. The normalized spacial score (nSPS) is 26.6. The monoisotopic (exact) mass is 389 g/mol. The van der Waals surface area contributed by atoms with Crippen molar-refractivity contribution in [1.82, 2.24) is 15.6 Å². The molecule has 3 atom stereocenters. The minimum atomic E-state index is -0.244. The number of hydrogen-bond donors (Lipinski definition) is 2. The molecule has 2 fully saturated rings. The molecular weight excluding hydrogens is 361 g/mol. The summed E-state index contributed by atoms with van der Waals surface area (Å²) in [6.07, 6.45) is 5.97. The number of ether oxygens (including phenoxy) is 1. The van der Waals surface area contributed by atoms with Crippen LogP contribution in [-0.2, 0) is 11.3 Å². The zero-order valence-corrected chi connectivity index (χ0v) is 17.0. The van der Waals surface area contributed by atoms with Crippen molar-refractivity contribution in [3.63, 3.8) is 0 Å². The van der Waals surface area contributed by atoms with Gasteiger partial charge in [0, 0.05) is 29.4 Å². The number of carbonyl (C=O) groups excluding carboxylic acids is 1. The smallest absolute Gasteiger partial charge is 0.228 e. The Balaban J connectivity index is 0.00000156. The molecule has 0 spiro atoms. The largest absolute Gasteiger partial charge is 0.496 e. The van der Waals surface area contributed by atoms with Crippen LogP contribution >= 0.6 is 24.8 Å². The summed E-state index contributed by atoms with van der Waals surface area (Å²) in [5, 5.41) is 6.72. The van der Waals surface area contributed by atoms with Crippen LogP contribution in [0.4, 0.5) is 0 Å². The highest BCUT2D eigenvalue weighted by Crippen LogP contribution is 2.45. The molecule has 0 aliphatic carbocycles. The van der Waals surface area contributed by atoms with Crippen LogP contribution in [0.1, 0.15) is 49.4 Å². The number of carbonyl (C=O) groups is 1. The highest BCUT2D eigenvalue weighted by Gasteiger charge is 2.54. The Morgan fingerprint density at radius 3 is 2.64 bits per heavy atom. The number of amides is 1. The Labute approximate surface area is 162 Å². The molecule has 0 radical (unpaired) electrons. The maximum atomic E-state index is 12.9. The summed E-state index contributed by atoms with van der Waals surface area (Å²) in [5.41, 5.74) is 2.65. The Morgan fingerprint density at radius 2 is 2.12 bits per heavy atom. The zero-order chi connectivity index (χ0) is 16.6. The lowest BCUT2D eigenvalue weighted by atomic mass is 9.71. The lowest BCUT2D eigenvalue weighted by Crippen LogP contribution is -2.48. The van der Waals surface area contributed by atoms with Gasteiger partial charge in [-0.05, 0) is 39.5 Å². The summed E-state index contributed by atoms with van der Waals surface area (Å²) < 4.78 is 5.44. The van der Waals surface area contributed by atoms with Crippen LogP contribution in [-0.4, -0.2) is 30.1 Å².